The first-order chi connectivity index (χ1) is 15.3. The van der Waals surface area contributed by atoms with Gasteiger partial charge >= 0.3 is 0 Å². The van der Waals surface area contributed by atoms with Crippen molar-refractivity contribution < 1.29 is 23.1 Å². The number of carbonyl (C=O) groups is 1. The standard InChI is InChI=1S/C21H23F2N5O3S.ClH/c1-13(30-2)19(29)28-21(10-11-31-27-20(24)25,14-6-4-3-5-7-14)32-18(26-28)16-12-15(22)8-9-17(16)23;/h3-9,12-13H,10-11H2,1-2H3,(H4,24,25,27);1H/t13-,21-;/m0./s1. The minimum atomic E-state index is -1.14. The van der Waals surface area contributed by atoms with Gasteiger partial charge in [-0.25, -0.2) is 13.8 Å². The Balaban J connectivity index is 0.00000385. The first kappa shape index (κ1) is 26.4. The lowest BCUT2D eigenvalue weighted by atomic mass is 10.0. The molecule has 1 aliphatic heterocycles. The minimum Gasteiger partial charge on any atom is -0.393 e. The van der Waals surface area contributed by atoms with Gasteiger partial charge in [-0.05, 0) is 35.8 Å². The van der Waals surface area contributed by atoms with Crippen molar-refractivity contribution in [3.05, 3.63) is 71.3 Å². The van der Waals surface area contributed by atoms with Gasteiger partial charge in [0.05, 0.1) is 0 Å². The number of guanidine groups is 1. The van der Waals surface area contributed by atoms with E-state index in [0.29, 0.717) is 5.56 Å². The fourth-order valence-corrected chi connectivity index (χ4v) is 4.52. The number of hydrogen-bond acceptors (Lipinski definition) is 6. The highest BCUT2D eigenvalue weighted by Crippen LogP contribution is 2.50. The van der Waals surface area contributed by atoms with Crippen LogP contribution < -0.4 is 11.5 Å². The zero-order valence-electron chi connectivity index (χ0n) is 17.9. The smallest absolute Gasteiger partial charge is 0.273 e. The van der Waals surface area contributed by atoms with Gasteiger partial charge in [0, 0.05) is 19.1 Å². The van der Waals surface area contributed by atoms with E-state index in [0.717, 1.165) is 30.0 Å². The summed E-state index contributed by atoms with van der Waals surface area (Å²) in [7, 11) is 1.40. The Hall–Kier alpha value is -2.89. The van der Waals surface area contributed by atoms with Gasteiger partial charge in [-0.2, -0.15) is 5.10 Å². The highest BCUT2D eigenvalue weighted by molar-refractivity contribution is 8.15. The van der Waals surface area contributed by atoms with E-state index < -0.39 is 28.5 Å². The third-order valence-corrected chi connectivity index (χ3v) is 6.24. The Bertz CT molecular complexity index is 1040. The van der Waals surface area contributed by atoms with Crippen LogP contribution >= 0.6 is 24.2 Å². The van der Waals surface area contributed by atoms with Crippen molar-refractivity contribution in [2.24, 2.45) is 21.7 Å². The second kappa shape index (κ2) is 11.3. The van der Waals surface area contributed by atoms with Crippen molar-refractivity contribution in [1.82, 2.24) is 5.01 Å². The van der Waals surface area contributed by atoms with Gasteiger partial charge in [-0.1, -0.05) is 42.1 Å². The first-order valence-electron chi connectivity index (χ1n) is 9.65. The molecule has 1 amide bonds. The van der Waals surface area contributed by atoms with Gasteiger partial charge in [0.15, 0.2) is 0 Å². The maximum Gasteiger partial charge on any atom is 0.273 e. The van der Waals surface area contributed by atoms with Crippen molar-refractivity contribution in [1.29, 1.82) is 0 Å². The number of amides is 1. The molecule has 0 spiro atoms. The average Bonchev–Trinajstić information content (AvgIpc) is 3.18. The van der Waals surface area contributed by atoms with Crippen molar-refractivity contribution in [3.8, 4) is 0 Å². The van der Waals surface area contributed by atoms with Crippen LogP contribution in [0.25, 0.3) is 0 Å². The molecule has 0 aliphatic carbocycles. The molecule has 2 atom stereocenters. The van der Waals surface area contributed by atoms with E-state index in [4.69, 9.17) is 21.0 Å². The molecule has 0 bridgehead atoms. The van der Waals surface area contributed by atoms with Crippen LogP contribution in [0.4, 0.5) is 8.78 Å². The zero-order chi connectivity index (χ0) is 23.3. The molecule has 0 fully saturated rings. The van der Waals surface area contributed by atoms with Gasteiger partial charge in [-0.15, -0.1) is 12.4 Å². The van der Waals surface area contributed by atoms with Crippen molar-refractivity contribution in [2.75, 3.05) is 13.7 Å². The Kier molecular flexibility index (Phi) is 9.03. The largest absolute Gasteiger partial charge is 0.393 e. The summed E-state index contributed by atoms with van der Waals surface area (Å²) in [5, 5.41) is 9.31. The van der Waals surface area contributed by atoms with Crippen molar-refractivity contribution >= 4 is 41.1 Å². The number of rotatable bonds is 8. The van der Waals surface area contributed by atoms with Gasteiger partial charge < -0.3 is 21.0 Å². The van der Waals surface area contributed by atoms with E-state index in [2.05, 4.69) is 10.3 Å². The number of carbonyl (C=O) groups excluding carboxylic acids is 1. The molecule has 1 heterocycles. The van der Waals surface area contributed by atoms with Crippen molar-refractivity contribution in [3.63, 3.8) is 0 Å². The van der Waals surface area contributed by atoms with E-state index in [-0.39, 0.29) is 42.0 Å². The predicted octanol–water partition coefficient (Wildman–Crippen LogP) is 3.11. The maximum atomic E-state index is 14.6. The summed E-state index contributed by atoms with van der Waals surface area (Å²) in [6.45, 7) is 1.59. The van der Waals surface area contributed by atoms with E-state index >= 15 is 0 Å². The molecule has 2 aromatic carbocycles. The highest BCUT2D eigenvalue weighted by Gasteiger charge is 2.50. The molecule has 8 nitrogen and oxygen atoms in total. The normalized spacial score (nSPS) is 18.2. The number of oxime groups is 1. The van der Waals surface area contributed by atoms with E-state index in [1.54, 1.807) is 19.1 Å². The van der Waals surface area contributed by atoms with Crippen molar-refractivity contribution in [2.45, 2.75) is 24.3 Å². The Morgan fingerprint density at radius 1 is 1.24 bits per heavy atom. The predicted molar refractivity (Wildman–Crippen MR) is 126 cm³/mol. The van der Waals surface area contributed by atoms with Crippen LogP contribution in [0, 0.1) is 11.6 Å². The number of hydrogen-bond donors (Lipinski definition) is 2. The fraction of sp³-hybridized carbons (Fsp3) is 0.286. The monoisotopic (exact) mass is 499 g/mol. The second-order valence-electron chi connectivity index (χ2n) is 6.91. The molecule has 0 saturated heterocycles. The van der Waals surface area contributed by atoms with Gasteiger partial charge in [0.1, 0.15) is 34.3 Å². The molecule has 0 unspecified atom stereocenters. The summed E-state index contributed by atoms with van der Waals surface area (Å²) in [5.41, 5.74) is 11.3. The molecule has 0 radical (unpaired) electrons. The summed E-state index contributed by atoms with van der Waals surface area (Å²) in [6, 6.07) is 12.1. The lowest BCUT2D eigenvalue weighted by Gasteiger charge is -2.36. The summed E-state index contributed by atoms with van der Waals surface area (Å²) in [4.78, 5) is 17.3. The number of ether oxygens (including phenoxy) is 1. The van der Waals surface area contributed by atoms with Gasteiger partial charge in [0.2, 0.25) is 5.96 Å². The quantitative estimate of drug-likeness (QED) is 0.249. The summed E-state index contributed by atoms with van der Waals surface area (Å²) in [6.07, 6.45) is -0.650. The molecule has 0 saturated carbocycles. The van der Waals surface area contributed by atoms with E-state index in [1.165, 1.54) is 12.1 Å². The third-order valence-electron chi connectivity index (χ3n) is 4.79. The molecule has 0 aromatic heterocycles. The van der Waals surface area contributed by atoms with Crippen LogP contribution in [-0.2, 0) is 19.2 Å². The summed E-state index contributed by atoms with van der Waals surface area (Å²) < 4.78 is 33.7. The Morgan fingerprint density at radius 3 is 2.58 bits per heavy atom. The van der Waals surface area contributed by atoms with Crippen LogP contribution in [0.15, 0.2) is 58.8 Å². The van der Waals surface area contributed by atoms with Gasteiger partial charge in [-0.3, -0.25) is 4.79 Å². The van der Waals surface area contributed by atoms with Crippen LogP contribution in [0.2, 0.25) is 0 Å². The van der Waals surface area contributed by atoms with Crippen LogP contribution in [0.3, 0.4) is 0 Å². The summed E-state index contributed by atoms with van der Waals surface area (Å²) in [5.74, 6) is -2.00. The number of halogens is 3. The topological polar surface area (TPSA) is 116 Å². The number of benzene rings is 2. The highest BCUT2D eigenvalue weighted by atomic mass is 35.5. The molecule has 1 aliphatic rings. The second-order valence-corrected chi connectivity index (χ2v) is 8.18. The SMILES string of the molecule is CO[C@@H](C)C(=O)N1N=C(c2cc(F)ccc2F)S[C@@]1(CCON=C(N)N)c1ccccc1.Cl. The maximum absolute atomic E-state index is 14.6. The molecule has 12 heteroatoms. The minimum absolute atomic E-state index is 0. The number of nitrogens with zero attached hydrogens (tertiary/aromatic N) is 3. The first-order valence-corrected chi connectivity index (χ1v) is 10.5. The molecule has 178 valence electrons. The number of nitrogens with two attached hydrogens (primary N) is 2. The average molecular weight is 500 g/mol. The zero-order valence-corrected chi connectivity index (χ0v) is 19.5. The lowest BCUT2D eigenvalue weighted by Crippen LogP contribution is -2.46. The van der Waals surface area contributed by atoms with Crippen LogP contribution in [0.5, 0.6) is 0 Å². The van der Waals surface area contributed by atoms with Crippen LogP contribution in [0.1, 0.15) is 24.5 Å². The summed E-state index contributed by atoms with van der Waals surface area (Å²) >= 11 is 1.11. The molecular formula is C21H24ClF2N5O3S. The Morgan fingerprint density at radius 2 is 1.94 bits per heavy atom. The number of hydrazone groups is 1. The number of methoxy groups -OCH3 is 1. The molecule has 4 N–H and O–H groups in total. The molecule has 3 rings (SSSR count). The fourth-order valence-electron chi connectivity index (χ4n) is 3.15. The van der Waals surface area contributed by atoms with Crippen LogP contribution in [-0.4, -0.2) is 41.7 Å². The number of thioether (sulfide) groups is 1. The van der Waals surface area contributed by atoms with E-state index in [9.17, 15) is 13.6 Å². The van der Waals surface area contributed by atoms with E-state index in [1.807, 2.05) is 18.2 Å². The molecule has 2 aromatic rings. The molecule has 33 heavy (non-hydrogen) atoms. The molecular weight excluding hydrogens is 476 g/mol. The van der Waals surface area contributed by atoms with Gasteiger partial charge in [0.25, 0.3) is 5.91 Å². The Labute approximate surface area is 200 Å². The third kappa shape index (κ3) is 5.73. The lowest BCUT2D eigenvalue weighted by molar-refractivity contribution is -0.145.